The molecule has 0 aliphatic carbocycles. The number of hydrogen-bond acceptors (Lipinski definition) is 5. The third-order valence-corrected chi connectivity index (χ3v) is 4.93. The fraction of sp³-hybridized carbons (Fsp3) is 0.421. The van der Waals surface area contributed by atoms with Crippen LogP contribution >= 0.6 is 0 Å². The number of ether oxygens (including phenoxy) is 1. The van der Waals surface area contributed by atoms with Crippen LogP contribution in [0.3, 0.4) is 0 Å². The van der Waals surface area contributed by atoms with Crippen molar-refractivity contribution in [3.63, 3.8) is 0 Å². The fourth-order valence-electron chi connectivity index (χ4n) is 3.30. The van der Waals surface area contributed by atoms with E-state index in [1.165, 1.54) is 6.92 Å². The SMILES string of the molecule is Cc1cn([C@H]2CN(C(=O)c3cc(C(F)(F)F)cc(C(F)(F)F)c3)C[C@@H](CO)O2)c(=O)[nH]c1=O. The molecule has 2 heterocycles. The average molecular weight is 481 g/mol. The van der Waals surface area contributed by atoms with E-state index < -0.39 is 71.7 Å². The number of halogens is 6. The summed E-state index contributed by atoms with van der Waals surface area (Å²) in [5.41, 5.74) is -5.68. The van der Waals surface area contributed by atoms with E-state index >= 15 is 0 Å². The highest BCUT2D eigenvalue weighted by molar-refractivity contribution is 5.94. The zero-order chi connectivity index (χ0) is 24.7. The predicted molar refractivity (Wildman–Crippen MR) is 99.4 cm³/mol. The lowest BCUT2D eigenvalue weighted by atomic mass is 10.0. The van der Waals surface area contributed by atoms with E-state index in [1.54, 1.807) is 0 Å². The normalized spacial score (nSPS) is 19.6. The molecule has 0 unspecified atom stereocenters. The molecule has 0 radical (unpaired) electrons. The smallest absolute Gasteiger partial charge is 0.394 e. The second-order valence-electron chi connectivity index (χ2n) is 7.38. The van der Waals surface area contributed by atoms with E-state index in [0.717, 1.165) is 15.7 Å². The topological polar surface area (TPSA) is 105 Å². The number of carbonyl (C=O) groups is 1. The number of H-pyrrole nitrogens is 1. The van der Waals surface area contributed by atoms with Crippen LogP contribution < -0.4 is 11.2 Å². The Morgan fingerprint density at radius 3 is 2.18 bits per heavy atom. The number of benzene rings is 1. The molecule has 1 aliphatic heterocycles. The number of rotatable bonds is 3. The lowest BCUT2D eigenvalue weighted by Gasteiger charge is -2.38. The summed E-state index contributed by atoms with van der Waals surface area (Å²) in [6.45, 7) is -0.0854. The van der Waals surface area contributed by atoms with Crippen molar-refractivity contribution >= 4 is 5.91 Å². The van der Waals surface area contributed by atoms with Crippen LogP contribution in [0, 0.1) is 6.92 Å². The van der Waals surface area contributed by atoms with E-state index in [2.05, 4.69) is 0 Å². The Kier molecular flexibility index (Phi) is 6.44. The Labute approximate surface area is 181 Å². The summed E-state index contributed by atoms with van der Waals surface area (Å²) in [5, 5.41) is 9.49. The van der Waals surface area contributed by atoms with Crippen molar-refractivity contribution in [1.82, 2.24) is 14.5 Å². The molecule has 14 heteroatoms. The molecule has 3 rings (SSSR count). The van der Waals surface area contributed by atoms with Gasteiger partial charge in [-0.1, -0.05) is 0 Å². The molecule has 2 atom stereocenters. The number of carbonyl (C=O) groups excluding carboxylic acids is 1. The maximum atomic E-state index is 13.1. The third kappa shape index (κ3) is 5.27. The Balaban J connectivity index is 2.02. The molecule has 0 bridgehead atoms. The highest BCUT2D eigenvalue weighted by Crippen LogP contribution is 2.36. The first-order valence-electron chi connectivity index (χ1n) is 9.38. The highest BCUT2D eigenvalue weighted by Gasteiger charge is 2.39. The van der Waals surface area contributed by atoms with Gasteiger partial charge in [0.05, 0.1) is 24.3 Å². The molecule has 8 nitrogen and oxygen atoms in total. The molecular formula is C19H17F6N3O5. The number of hydrogen-bond donors (Lipinski definition) is 2. The van der Waals surface area contributed by atoms with Crippen LogP contribution in [0.15, 0.2) is 34.0 Å². The molecule has 1 amide bonds. The number of nitrogens with zero attached hydrogens (tertiary/aromatic N) is 2. The lowest BCUT2D eigenvalue weighted by molar-refractivity contribution is -0.143. The molecular weight excluding hydrogens is 464 g/mol. The zero-order valence-electron chi connectivity index (χ0n) is 16.8. The summed E-state index contributed by atoms with van der Waals surface area (Å²) < 4.78 is 85.3. The second-order valence-corrected chi connectivity index (χ2v) is 7.38. The first-order chi connectivity index (χ1) is 15.2. The standard InChI is InChI=1S/C19H17F6N3O5/c1-9-5-28(17(32)26-15(9)30)14-7-27(6-13(8-29)33-14)16(31)10-2-11(18(20,21)22)4-12(3-10)19(23,24)25/h2-5,13-14,29H,6-8H2,1H3,(H,26,30,32)/t13-,14+/m0/s1. The van der Waals surface area contributed by atoms with Crippen molar-refractivity contribution in [2.24, 2.45) is 0 Å². The van der Waals surface area contributed by atoms with Gasteiger partial charge in [0.15, 0.2) is 6.23 Å². The van der Waals surface area contributed by atoms with Crippen LogP contribution in [0.1, 0.15) is 33.3 Å². The minimum Gasteiger partial charge on any atom is -0.394 e. The molecule has 0 spiro atoms. The van der Waals surface area contributed by atoms with Crippen LogP contribution in [0.2, 0.25) is 0 Å². The minimum absolute atomic E-state index is 0.0991. The summed E-state index contributed by atoms with van der Waals surface area (Å²) in [6, 6.07) is 0.497. The van der Waals surface area contributed by atoms with Crippen LogP contribution in [0.4, 0.5) is 26.3 Å². The molecule has 1 fully saturated rings. The number of aliphatic hydroxyl groups excluding tert-OH is 1. The van der Waals surface area contributed by atoms with Crippen molar-refractivity contribution in [3.8, 4) is 0 Å². The number of alkyl halides is 6. The average Bonchev–Trinajstić information content (AvgIpc) is 2.73. The van der Waals surface area contributed by atoms with Gasteiger partial charge in [-0.25, -0.2) is 4.79 Å². The van der Waals surface area contributed by atoms with E-state index in [0.29, 0.717) is 12.1 Å². The number of morpholine rings is 1. The summed E-state index contributed by atoms with van der Waals surface area (Å²) in [5.74, 6) is -1.19. The van der Waals surface area contributed by atoms with Crippen LogP contribution in [-0.2, 0) is 17.1 Å². The monoisotopic (exact) mass is 481 g/mol. The van der Waals surface area contributed by atoms with E-state index in [4.69, 9.17) is 4.74 Å². The van der Waals surface area contributed by atoms with E-state index in [1.807, 2.05) is 4.98 Å². The zero-order valence-corrected chi connectivity index (χ0v) is 16.8. The molecule has 33 heavy (non-hydrogen) atoms. The second kappa shape index (κ2) is 8.67. The van der Waals surface area contributed by atoms with Crippen molar-refractivity contribution in [2.75, 3.05) is 19.7 Å². The Bertz CT molecular complexity index is 1140. The van der Waals surface area contributed by atoms with Gasteiger partial charge in [0.1, 0.15) is 6.10 Å². The van der Waals surface area contributed by atoms with Crippen LogP contribution in [0.5, 0.6) is 0 Å². The number of nitrogens with one attached hydrogen (secondary N) is 1. The quantitative estimate of drug-likeness (QED) is 0.652. The maximum absolute atomic E-state index is 13.1. The first-order valence-corrected chi connectivity index (χ1v) is 9.38. The van der Waals surface area contributed by atoms with Crippen molar-refractivity contribution in [2.45, 2.75) is 31.6 Å². The molecule has 1 aliphatic rings. The lowest BCUT2D eigenvalue weighted by Crippen LogP contribution is -2.51. The Morgan fingerprint density at radius 1 is 1.09 bits per heavy atom. The van der Waals surface area contributed by atoms with E-state index in [-0.39, 0.29) is 18.2 Å². The Hall–Kier alpha value is -3.13. The third-order valence-electron chi connectivity index (χ3n) is 4.93. The molecule has 0 saturated carbocycles. The van der Waals surface area contributed by atoms with Gasteiger partial charge in [-0.2, -0.15) is 26.3 Å². The summed E-state index contributed by atoms with van der Waals surface area (Å²) in [4.78, 5) is 39.5. The molecule has 2 aromatic rings. The molecule has 1 aromatic carbocycles. The number of aromatic nitrogens is 2. The summed E-state index contributed by atoms with van der Waals surface area (Å²) in [6.07, 6.45) is -11.5. The van der Waals surface area contributed by atoms with Gasteiger partial charge in [-0.3, -0.25) is 19.1 Å². The molecule has 180 valence electrons. The number of aryl methyl sites for hydroxylation is 1. The Morgan fingerprint density at radius 2 is 1.67 bits per heavy atom. The molecule has 1 saturated heterocycles. The van der Waals surface area contributed by atoms with Crippen LogP contribution in [0.25, 0.3) is 0 Å². The van der Waals surface area contributed by atoms with Gasteiger partial charge < -0.3 is 14.7 Å². The molecule has 2 N–H and O–H groups in total. The van der Waals surface area contributed by atoms with Crippen molar-refractivity contribution in [1.29, 1.82) is 0 Å². The highest BCUT2D eigenvalue weighted by atomic mass is 19.4. The number of aromatic amines is 1. The van der Waals surface area contributed by atoms with E-state index in [9.17, 15) is 45.8 Å². The number of amides is 1. The van der Waals surface area contributed by atoms with Gasteiger partial charge in [0.25, 0.3) is 11.5 Å². The molecule has 1 aromatic heterocycles. The summed E-state index contributed by atoms with van der Waals surface area (Å²) in [7, 11) is 0. The maximum Gasteiger partial charge on any atom is 0.416 e. The van der Waals surface area contributed by atoms with Gasteiger partial charge in [0, 0.05) is 23.9 Å². The van der Waals surface area contributed by atoms with Gasteiger partial charge in [0.2, 0.25) is 0 Å². The van der Waals surface area contributed by atoms with Gasteiger partial charge in [-0.15, -0.1) is 0 Å². The minimum atomic E-state index is -5.14. The van der Waals surface area contributed by atoms with Gasteiger partial charge >= 0.3 is 18.0 Å². The van der Waals surface area contributed by atoms with Crippen molar-refractivity contribution < 1.29 is 41.0 Å². The largest absolute Gasteiger partial charge is 0.416 e. The first kappa shape index (κ1) is 24.5. The predicted octanol–water partition coefficient (Wildman–Crippen LogP) is 1.91. The summed E-state index contributed by atoms with van der Waals surface area (Å²) >= 11 is 0. The van der Waals surface area contributed by atoms with Gasteiger partial charge in [-0.05, 0) is 25.1 Å². The van der Waals surface area contributed by atoms with Crippen LogP contribution in [-0.4, -0.2) is 51.3 Å². The number of aliphatic hydroxyl groups is 1. The van der Waals surface area contributed by atoms with Crippen molar-refractivity contribution in [3.05, 3.63) is 67.5 Å². The fourth-order valence-corrected chi connectivity index (χ4v) is 3.30.